The fourth-order valence-corrected chi connectivity index (χ4v) is 4.25. The van der Waals surface area contributed by atoms with Crippen molar-refractivity contribution in [1.29, 1.82) is 0 Å². The Hall–Kier alpha value is -1.25. The molecule has 1 aromatic rings. The van der Waals surface area contributed by atoms with Crippen LogP contribution in [0, 0.1) is 5.92 Å². The van der Waals surface area contributed by atoms with Crippen LogP contribution < -0.4 is 10.1 Å². The maximum atomic E-state index is 12.1. The number of amides is 1. The average molecular weight is 373 g/mol. The number of piperidine rings is 1. The summed E-state index contributed by atoms with van der Waals surface area (Å²) in [5.41, 5.74) is 0. The SMILES string of the molecule is COc1ccc(SCCNC(=O)C2CCN(S(C)(=O)=O)CC2)cc1. The van der Waals surface area contributed by atoms with Gasteiger partial charge < -0.3 is 10.1 Å². The van der Waals surface area contributed by atoms with E-state index in [1.165, 1.54) is 10.6 Å². The van der Waals surface area contributed by atoms with Crippen LogP contribution in [0.1, 0.15) is 12.8 Å². The Morgan fingerprint density at radius 1 is 1.29 bits per heavy atom. The topological polar surface area (TPSA) is 75.7 Å². The van der Waals surface area contributed by atoms with Gasteiger partial charge in [-0.15, -0.1) is 11.8 Å². The van der Waals surface area contributed by atoms with Crippen molar-refractivity contribution < 1.29 is 17.9 Å². The molecular formula is C16H24N2O4S2. The second-order valence-corrected chi connectivity index (χ2v) is 8.90. The maximum absolute atomic E-state index is 12.1. The van der Waals surface area contributed by atoms with E-state index < -0.39 is 10.0 Å². The predicted octanol–water partition coefficient (Wildman–Crippen LogP) is 1.58. The van der Waals surface area contributed by atoms with Crippen molar-refractivity contribution in [1.82, 2.24) is 9.62 Å². The second kappa shape index (κ2) is 8.73. The van der Waals surface area contributed by atoms with Gasteiger partial charge in [-0.2, -0.15) is 0 Å². The maximum Gasteiger partial charge on any atom is 0.223 e. The highest BCUT2D eigenvalue weighted by Crippen LogP contribution is 2.21. The smallest absolute Gasteiger partial charge is 0.223 e. The summed E-state index contributed by atoms with van der Waals surface area (Å²) in [4.78, 5) is 13.3. The van der Waals surface area contributed by atoms with Crippen LogP contribution in [0.5, 0.6) is 5.75 Å². The van der Waals surface area contributed by atoms with Gasteiger partial charge in [-0.3, -0.25) is 4.79 Å². The quantitative estimate of drug-likeness (QED) is 0.581. The first-order chi connectivity index (χ1) is 11.4. The molecule has 1 N–H and O–H groups in total. The number of carbonyl (C=O) groups is 1. The molecule has 0 radical (unpaired) electrons. The molecule has 1 aromatic carbocycles. The minimum atomic E-state index is -3.14. The number of rotatable bonds is 7. The predicted molar refractivity (Wildman–Crippen MR) is 95.9 cm³/mol. The van der Waals surface area contributed by atoms with Crippen molar-refractivity contribution in [3.63, 3.8) is 0 Å². The Morgan fingerprint density at radius 2 is 1.92 bits per heavy atom. The lowest BCUT2D eigenvalue weighted by Gasteiger charge is -2.29. The summed E-state index contributed by atoms with van der Waals surface area (Å²) in [5, 5.41) is 2.95. The number of carbonyl (C=O) groups excluding carboxylic acids is 1. The molecule has 0 spiro atoms. The fraction of sp³-hybridized carbons (Fsp3) is 0.562. The first-order valence-corrected chi connectivity index (χ1v) is 10.7. The molecular weight excluding hydrogens is 348 g/mol. The summed E-state index contributed by atoms with van der Waals surface area (Å²) in [5.74, 6) is 1.56. The molecule has 0 saturated carbocycles. The van der Waals surface area contributed by atoms with E-state index in [1.54, 1.807) is 18.9 Å². The second-order valence-electron chi connectivity index (χ2n) is 5.75. The van der Waals surface area contributed by atoms with E-state index in [4.69, 9.17) is 4.74 Å². The van der Waals surface area contributed by atoms with E-state index in [9.17, 15) is 13.2 Å². The Balaban J connectivity index is 1.66. The fourth-order valence-electron chi connectivity index (χ4n) is 2.61. The minimum absolute atomic E-state index is 0.0264. The summed E-state index contributed by atoms with van der Waals surface area (Å²) >= 11 is 1.67. The highest BCUT2D eigenvalue weighted by Gasteiger charge is 2.28. The van der Waals surface area contributed by atoms with Crippen molar-refractivity contribution in [3.8, 4) is 5.75 Å². The summed E-state index contributed by atoms with van der Waals surface area (Å²) in [6.07, 6.45) is 2.39. The van der Waals surface area contributed by atoms with Crippen LogP contribution in [0.25, 0.3) is 0 Å². The monoisotopic (exact) mass is 372 g/mol. The van der Waals surface area contributed by atoms with E-state index in [-0.39, 0.29) is 11.8 Å². The lowest BCUT2D eigenvalue weighted by molar-refractivity contribution is -0.125. The van der Waals surface area contributed by atoms with E-state index in [2.05, 4.69) is 5.32 Å². The van der Waals surface area contributed by atoms with Gasteiger partial charge in [0.05, 0.1) is 13.4 Å². The molecule has 6 nitrogen and oxygen atoms in total. The normalized spacial score (nSPS) is 16.8. The van der Waals surface area contributed by atoms with Crippen molar-refractivity contribution in [3.05, 3.63) is 24.3 Å². The van der Waals surface area contributed by atoms with Crippen molar-refractivity contribution in [2.24, 2.45) is 5.92 Å². The molecule has 1 heterocycles. The number of methoxy groups -OCH3 is 1. The van der Waals surface area contributed by atoms with Crippen LogP contribution in [-0.2, 0) is 14.8 Å². The lowest BCUT2D eigenvalue weighted by atomic mass is 9.97. The summed E-state index contributed by atoms with van der Waals surface area (Å²) in [7, 11) is -1.51. The van der Waals surface area contributed by atoms with Gasteiger partial charge in [0.25, 0.3) is 0 Å². The molecule has 2 rings (SSSR count). The molecule has 134 valence electrons. The van der Waals surface area contributed by atoms with Crippen LogP contribution >= 0.6 is 11.8 Å². The van der Waals surface area contributed by atoms with Gasteiger partial charge in [0, 0.05) is 36.2 Å². The third-order valence-corrected chi connectivity index (χ3v) is 6.34. The number of hydrogen-bond acceptors (Lipinski definition) is 5. The van der Waals surface area contributed by atoms with Gasteiger partial charge in [0.15, 0.2) is 0 Å². The number of hydrogen-bond donors (Lipinski definition) is 1. The summed E-state index contributed by atoms with van der Waals surface area (Å²) in [6.45, 7) is 1.46. The van der Waals surface area contributed by atoms with Crippen LogP contribution in [0.15, 0.2) is 29.2 Å². The zero-order valence-electron chi connectivity index (χ0n) is 14.0. The largest absolute Gasteiger partial charge is 0.497 e. The number of ether oxygens (including phenoxy) is 1. The Bertz CT molecular complexity index is 639. The number of sulfonamides is 1. The van der Waals surface area contributed by atoms with Gasteiger partial charge >= 0.3 is 0 Å². The van der Waals surface area contributed by atoms with E-state index in [1.807, 2.05) is 24.3 Å². The van der Waals surface area contributed by atoms with E-state index >= 15 is 0 Å². The summed E-state index contributed by atoms with van der Waals surface area (Å²) < 4.78 is 29.5. The summed E-state index contributed by atoms with van der Waals surface area (Å²) in [6, 6.07) is 7.81. The molecule has 1 aliphatic rings. The molecule has 0 bridgehead atoms. The highest BCUT2D eigenvalue weighted by atomic mass is 32.2. The van der Waals surface area contributed by atoms with Crippen molar-refractivity contribution in [2.45, 2.75) is 17.7 Å². The van der Waals surface area contributed by atoms with E-state index in [0.29, 0.717) is 32.5 Å². The molecule has 0 atom stereocenters. The molecule has 8 heteroatoms. The van der Waals surface area contributed by atoms with Crippen LogP contribution in [0.4, 0.5) is 0 Å². The number of benzene rings is 1. The molecule has 1 aliphatic heterocycles. The molecule has 0 aliphatic carbocycles. The van der Waals surface area contributed by atoms with Gasteiger partial charge in [0.1, 0.15) is 5.75 Å². The Kier molecular flexibility index (Phi) is 6.94. The third kappa shape index (κ3) is 5.68. The van der Waals surface area contributed by atoms with Crippen LogP contribution in [0.2, 0.25) is 0 Å². The third-order valence-electron chi connectivity index (χ3n) is 4.02. The average Bonchev–Trinajstić information content (AvgIpc) is 2.58. The van der Waals surface area contributed by atoms with Crippen LogP contribution in [-0.4, -0.2) is 57.4 Å². The number of thioether (sulfide) groups is 1. The molecule has 1 saturated heterocycles. The molecule has 1 amide bonds. The van der Waals surface area contributed by atoms with E-state index in [0.717, 1.165) is 16.4 Å². The standard InChI is InChI=1S/C16H24N2O4S2/c1-22-14-3-5-15(6-4-14)23-12-9-17-16(19)13-7-10-18(11-8-13)24(2,20)21/h3-6,13H,7-12H2,1-2H3,(H,17,19). The van der Waals surface area contributed by atoms with Crippen molar-refractivity contribution in [2.75, 3.05) is 38.8 Å². The van der Waals surface area contributed by atoms with Crippen molar-refractivity contribution >= 4 is 27.7 Å². The molecule has 1 fully saturated rings. The molecule has 0 aromatic heterocycles. The lowest BCUT2D eigenvalue weighted by Crippen LogP contribution is -2.42. The van der Waals surface area contributed by atoms with Gasteiger partial charge in [-0.25, -0.2) is 12.7 Å². The van der Waals surface area contributed by atoms with Crippen LogP contribution in [0.3, 0.4) is 0 Å². The minimum Gasteiger partial charge on any atom is -0.497 e. The zero-order valence-corrected chi connectivity index (χ0v) is 15.7. The first kappa shape index (κ1) is 19.1. The number of nitrogens with one attached hydrogen (secondary N) is 1. The molecule has 0 unspecified atom stereocenters. The number of nitrogens with zero attached hydrogens (tertiary/aromatic N) is 1. The molecule has 24 heavy (non-hydrogen) atoms. The van der Waals surface area contributed by atoms with Gasteiger partial charge in [-0.1, -0.05) is 0 Å². The van der Waals surface area contributed by atoms with Gasteiger partial charge in [0.2, 0.25) is 15.9 Å². The highest BCUT2D eigenvalue weighted by molar-refractivity contribution is 7.99. The zero-order chi connectivity index (χ0) is 17.6. The van der Waals surface area contributed by atoms with Gasteiger partial charge in [-0.05, 0) is 37.1 Å². The Labute approximate surface area is 148 Å². The Morgan fingerprint density at radius 3 is 2.46 bits per heavy atom. The first-order valence-electron chi connectivity index (χ1n) is 7.90.